The van der Waals surface area contributed by atoms with Crippen molar-refractivity contribution < 1.29 is 4.74 Å². The first-order valence-corrected chi connectivity index (χ1v) is 11.6. The summed E-state index contributed by atoms with van der Waals surface area (Å²) >= 11 is 14.6. The van der Waals surface area contributed by atoms with E-state index in [1.807, 2.05) is 30.8 Å². The fourth-order valence-corrected chi connectivity index (χ4v) is 5.70. The number of benzene rings is 1. The fourth-order valence-electron chi connectivity index (χ4n) is 3.85. The topological polar surface area (TPSA) is 59.4 Å². The summed E-state index contributed by atoms with van der Waals surface area (Å²) in [6, 6.07) is 5.38. The first-order valence-electron chi connectivity index (χ1n) is 9.69. The zero-order valence-corrected chi connectivity index (χ0v) is 18.6. The lowest BCUT2D eigenvalue weighted by Crippen LogP contribution is -2.57. The molecule has 2 aliphatic heterocycles. The van der Waals surface area contributed by atoms with Crippen LogP contribution in [0, 0.1) is 6.92 Å². The predicted molar refractivity (Wildman–Crippen MR) is 120 cm³/mol. The number of nitrogens with zero attached hydrogens (tertiary/aromatic N) is 3. The van der Waals surface area contributed by atoms with Crippen LogP contribution in [-0.2, 0) is 4.74 Å². The summed E-state index contributed by atoms with van der Waals surface area (Å²) in [5, 5.41) is 8.45. The van der Waals surface area contributed by atoms with Gasteiger partial charge in [0.25, 0.3) is 5.56 Å². The molecule has 2 aromatic rings. The summed E-state index contributed by atoms with van der Waals surface area (Å²) in [5.74, 6) is 2.20. The van der Waals surface area contributed by atoms with Gasteiger partial charge in [-0.05, 0) is 36.8 Å². The van der Waals surface area contributed by atoms with Crippen molar-refractivity contribution in [3.05, 3.63) is 50.4 Å². The summed E-state index contributed by atoms with van der Waals surface area (Å²) in [6.45, 7) is 6.04. The van der Waals surface area contributed by atoms with Crippen LogP contribution in [0.2, 0.25) is 10.0 Å². The summed E-state index contributed by atoms with van der Waals surface area (Å²) in [4.78, 5) is 15.3. The number of halogens is 2. The van der Waals surface area contributed by atoms with Gasteiger partial charge in [-0.25, -0.2) is 0 Å². The molecule has 3 heterocycles. The molecule has 1 aromatic heterocycles. The van der Waals surface area contributed by atoms with Gasteiger partial charge >= 0.3 is 0 Å². The molecular formula is C20H24Cl2N4O2S. The van der Waals surface area contributed by atoms with Crippen LogP contribution in [0.4, 0.5) is 5.69 Å². The molecule has 0 spiro atoms. The lowest BCUT2D eigenvalue weighted by Gasteiger charge is -2.43. The molecule has 0 saturated carbocycles. The Labute approximate surface area is 184 Å². The van der Waals surface area contributed by atoms with Crippen molar-refractivity contribution in [3.63, 3.8) is 0 Å². The normalized spacial score (nSPS) is 22.7. The molecule has 9 heteroatoms. The fraction of sp³-hybridized carbons (Fsp3) is 0.500. The van der Waals surface area contributed by atoms with E-state index in [0.29, 0.717) is 16.4 Å². The molecule has 6 nitrogen and oxygen atoms in total. The Bertz CT molecular complexity index is 941. The molecular weight excluding hydrogens is 431 g/mol. The van der Waals surface area contributed by atoms with Crippen LogP contribution in [-0.4, -0.2) is 64.6 Å². The summed E-state index contributed by atoms with van der Waals surface area (Å²) in [6.07, 6.45) is 2.72. The molecule has 1 N–H and O–H groups in total. The van der Waals surface area contributed by atoms with Crippen molar-refractivity contribution in [2.24, 2.45) is 0 Å². The maximum atomic E-state index is 12.8. The van der Waals surface area contributed by atoms with E-state index in [0.717, 1.165) is 56.3 Å². The minimum atomic E-state index is -0.363. The highest BCUT2D eigenvalue weighted by Gasteiger charge is 2.40. The van der Waals surface area contributed by atoms with Gasteiger partial charge in [0.15, 0.2) is 0 Å². The Balaban J connectivity index is 1.55. The number of nitrogens with one attached hydrogen (secondary N) is 1. The molecule has 0 amide bonds. The largest absolute Gasteiger partial charge is 0.380 e. The third kappa shape index (κ3) is 4.30. The second-order valence-electron chi connectivity index (χ2n) is 7.50. The predicted octanol–water partition coefficient (Wildman–Crippen LogP) is 3.47. The summed E-state index contributed by atoms with van der Waals surface area (Å²) in [5.41, 5.74) is 1.79. The van der Waals surface area contributed by atoms with E-state index in [1.165, 1.54) is 4.68 Å². The Morgan fingerprint density at radius 2 is 2.10 bits per heavy atom. The van der Waals surface area contributed by atoms with Gasteiger partial charge in [0.2, 0.25) is 0 Å². The van der Waals surface area contributed by atoms with Gasteiger partial charge in [-0.2, -0.15) is 21.5 Å². The standard InChI is InChI=1S/C20H24Cl2N4O2S/c1-14-2-3-15(10-16(14)21)26-19(27)18(22)17(11-24-26)23-12-20(4-9-29-13-20)25-5-7-28-8-6-25/h2-3,10-11,23H,4-9,12-13H2,1H3. The molecule has 1 unspecified atom stereocenters. The van der Waals surface area contributed by atoms with E-state index < -0.39 is 0 Å². The van der Waals surface area contributed by atoms with Crippen LogP contribution in [0.3, 0.4) is 0 Å². The molecule has 2 fully saturated rings. The number of hydrogen-bond donors (Lipinski definition) is 1. The van der Waals surface area contributed by atoms with Gasteiger partial charge < -0.3 is 10.1 Å². The van der Waals surface area contributed by atoms with Crippen molar-refractivity contribution in [1.29, 1.82) is 0 Å². The lowest BCUT2D eigenvalue weighted by atomic mass is 9.95. The Morgan fingerprint density at radius 3 is 2.79 bits per heavy atom. The highest BCUT2D eigenvalue weighted by Crippen LogP contribution is 2.34. The Kier molecular flexibility index (Phi) is 6.41. The molecule has 1 atom stereocenters. The van der Waals surface area contributed by atoms with E-state index in [4.69, 9.17) is 27.9 Å². The SMILES string of the molecule is Cc1ccc(-n2ncc(NCC3(N4CCOCC4)CCSC3)c(Cl)c2=O)cc1Cl. The monoisotopic (exact) mass is 454 g/mol. The van der Waals surface area contributed by atoms with Crippen LogP contribution in [0.15, 0.2) is 29.2 Å². The highest BCUT2D eigenvalue weighted by molar-refractivity contribution is 7.99. The van der Waals surface area contributed by atoms with Gasteiger partial charge in [-0.15, -0.1) is 0 Å². The molecule has 29 heavy (non-hydrogen) atoms. The molecule has 0 radical (unpaired) electrons. The third-order valence-corrected chi connectivity index (χ3v) is 7.70. The molecule has 1 aromatic carbocycles. The number of hydrogen-bond acceptors (Lipinski definition) is 6. The molecule has 156 valence electrons. The second kappa shape index (κ2) is 8.86. The zero-order chi connectivity index (χ0) is 20.4. The van der Waals surface area contributed by atoms with Gasteiger partial charge in [-0.3, -0.25) is 9.69 Å². The average Bonchev–Trinajstić information content (AvgIpc) is 3.22. The van der Waals surface area contributed by atoms with E-state index in [-0.39, 0.29) is 16.1 Å². The van der Waals surface area contributed by atoms with Crippen LogP contribution in [0.5, 0.6) is 0 Å². The highest BCUT2D eigenvalue weighted by atomic mass is 35.5. The van der Waals surface area contributed by atoms with Crippen molar-refractivity contribution in [2.45, 2.75) is 18.9 Å². The number of anilines is 1. The number of morpholine rings is 1. The molecule has 2 aliphatic rings. The van der Waals surface area contributed by atoms with E-state index in [2.05, 4.69) is 15.3 Å². The lowest BCUT2D eigenvalue weighted by molar-refractivity contribution is -0.00920. The van der Waals surface area contributed by atoms with Crippen molar-refractivity contribution in [3.8, 4) is 5.69 Å². The first-order chi connectivity index (χ1) is 14.0. The number of aromatic nitrogens is 2. The van der Waals surface area contributed by atoms with Crippen LogP contribution in [0.1, 0.15) is 12.0 Å². The number of aryl methyl sites for hydroxylation is 1. The van der Waals surface area contributed by atoms with E-state index in [1.54, 1.807) is 12.3 Å². The van der Waals surface area contributed by atoms with Crippen LogP contribution < -0.4 is 10.9 Å². The van der Waals surface area contributed by atoms with Gasteiger partial charge in [-0.1, -0.05) is 29.3 Å². The maximum Gasteiger partial charge on any atom is 0.292 e. The maximum absolute atomic E-state index is 12.8. The van der Waals surface area contributed by atoms with Crippen LogP contribution in [0.25, 0.3) is 5.69 Å². The quantitative estimate of drug-likeness (QED) is 0.745. The molecule has 4 rings (SSSR count). The smallest absolute Gasteiger partial charge is 0.292 e. The third-order valence-electron chi connectivity index (χ3n) is 5.69. The molecule has 0 bridgehead atoms. The molecule has 2 saturated heterocycles. The number of ether oxygens (including phenoxy) is 1. The van der Waals surface area contributed by atoms with Gasteiger partial charge in [0, 0.05) is 35.9 Å². The van der Waals surface area contributed by atoms with E-state index >= 15 is 0 Å². The van der Waals surface area contributed by atoms with Crippen molar-refractivity contribution >= 4 is 40.7 Å². The van der Waals surface area contributed by atoms with Gasteiger partial charge in [0.05, 0.1) is 30.8 Å². The number of rotatable bonds is 5. The summed E-state index contributed by atoms with van der Waals surface area (Å²) in [7, 11) is 0. The van der Waals surface area contributed by atoms with E-state index in [9.17, 15) is 4.79 Å². The minimum absolute atomic E-state index is 0.0527. The zero-order valence-electron chi connectivity index (χ0n) is 16.3. The second-order valence-corrected chi connectivity index (χ2v) is 9.39. The Morgan fingerprint density at radius 1 is 1.31 bits per heavy atom. The number of thioether (sulfide) groups is 1. The Hall–Kier alpha value is -1.25. The van der Waals surface area contributed by atoms with Crippen LogP contribution >= 0.6 is 35.0 Å². The molecule has 0 aliphatic carbocycles. The average molecular weight is 455 g/mol. The van der Waals surface area contributed by atoms with Gasteiger partial charge in [0.1, 0.15) is 5.02 Å². The van der Waals surface area contributed by atoms with Crippen molar-refractivity contribution in [1.82, 2.24) is 14.7 Å². The first kappa shape index (κ1) is 21.0. The summed E-state index contributed by atoms with van der Waals surface area (Å²) < 4.78 is 6.80. The van der Waals surface area contributed by atoms with Crippen molar-refractivity contribution in [2.75, 3.05) is 49.7 Å². The minimum Gasteiger partial charge on any atom is -0.380 e.